The third-order valence-corrected chi connectivity index (χ3v) is 5.56. The van der Waals surface area contributed by atoms with Crippen molar-refractivity contribution >= 4 is 39.7 Å². The molecular weight excluding hydrogens is 466 g/mol. The molecule has 1 amide bonds. The second kappa shape index (κ2) is 11.0. The van der Waals surface area contributed by atoms with Crippen molar-refractivity contribution in [2.75, 3.05) is 12.4 Å². The Kier molecular flexibility index (Phi) is 8.13. The number of nitrogens with zero attached hydrogens (tertiary/aromatic N) is 1. The molecule has 0 radical (unpaired) electrons. The predicted molar refractivity (Wildman–Crippen MR) is 139 cm³/mol. The highest BCUT2D eigenvalue weighted by Crippen LogP contribution is 2.31. The number of rotatable bonds is 7. The third kappa shape index (κ3) is 5.46. The number of carbonyl (C=O) groups is 1. The van der Waals surface area contributed by atoms with Gasteiger partial charge in [0.1, 0.15) is 16.5 Å². The Morgan fingerprint density at radius 1 is 1.31 bits per heavy atom. The van der Waals surface area contributed by atoms with E-state index in [0.717, 1.165) is 11.1 Å². The number of aromatic nitrogens is 1. The van der Waals surface area contributed by atoms with Gasteiger partial charge in [-0.25, -0.2) is 10.5 Å². The Bertz CT molecular complexity index is 1450. The fraction of sp³-hybridized carbons (Fsp3) is 0.222. The van der Waals surface area contributed by atoms with E-state index in [9.17, 15) is 9.59 Å². The van der Waals surface area contributed by atoms with Crippen LogP contribution in [0.4, 0.5) is 5.69 Å². The first-order valence-corrected chi connectivity index (χ1v) is 11.2. The average Bonchev–Trinajstić information content (AvgIpc) is 2.82. The summed E-state index contributed by atoms with van der Waals surface area (Å²) in [7, 11) is 1.33. The van der Waals surface area contributed by atoms with E-state index in [0.29, 0.717) is 33.6 Å². The zero-order chi connectivity index (χ0) is 25.7. The summed E-state index contributed by atoms with van der Waals surface area (Å²) in [6.45, 7) is 7.38. The van der Waals surface area contributed by atoms with Crippen molar-refractivity contribution in [2.24, 2.45) is 0 Å². The first kappa shape index (κ1) is 25.8. The van der Waals surface area contributed by atoms with Crippen LogP contribution in [-0.2, 0) is 4.84 Å². The number of terminal acetylenes is 1. The van der Waals surface area contributed by atoms with Crippen LogP contribution in [-0.4, -0.2) is 18.0 Å². The van der Waals surface area contributed by atoms with Gasteiger partial charge < -0.3 is 9.73 Å². The van der Waals surface area contributed by atoms with Crippen LogP contribution in [0.1, 0.15) is 52.8 Å². The quantitative estimate of drug-likeness (QED) is 0.196. The molecule has 0 aliphatic heterocycles. The fourth-order valence-electron chi connectivity index (χ4n) is 3.80. The summed E-state index contributed by atoms with van der Waals surface area (Å²) in [6, 6.07) is 6.58. The monoisotopic (exact) mass is 491 g/mol. The Labute approximate surface area is 208 Å². The Balaban J connectivity index is 2.20. The molecule has 0 unspecified atom stereocenters. The molecule has 0 aliphatic carbocycles. The molecule has 1 atom stereocenters. The van der Waals surface area contributed by atoms with Gasteiger partial charge in [0, 0.05) is 16.7 Å². The number of allylic oxidation sites excluding steroid dienone is 4. The van der Waals surface area contributed by atoms with E-state index in [1.807, 2.05) is 32.9 Å². The van der Waals surface area contributed by atoms with Gasteiger partial charge >= 0.3 is 0 Å². The summed E-state index contributed by atoms with van der Waals surface area (Å²) in [6.07, 6.45) is 10.7. The maximum absolute atomic E-state index is 13.3. The van der Waals surface area contributed by atoms with Gasteiger partial charge in [0.25, 0.3) is 5.91 Å². The Morgan fingerprint density at radius 3 is 2.71 bits per heavy atom. The molecular formula is C27H26ClN3O4. The van der Waals surface area contributed by atoms with Gasteiger partial charge in [-0.15, -0.1) is 6.42 Å². The summed E-state index contributed by atoms with van der Waals surface area (Å²) in [5.74, 6) is 2.35. The molecule has 2 aromatic heterocycles. The van der Waals surface area contributed by atoms with Crippen molar-refractivity contribution in [3.8, 4) is 12.3 Å². The van der Waals surface area contributed by atoms with Crippen LogP contribution < -0.4 is 16.2 Å². The van der Waals surface area contributed by atoms with E-state index < -0.39 is 5.91 Å². The highest BCUT2D eigenvalue weighted by molar-refractivity contribution is 6.29. The van der Waals surface area contributed by atoms with Gasteiger partial charge in [-0.3, -0.25) is 14.4 Å². The number of hydrogen-bond donors (Lipinski definition) is 2. The molecule has 0 saturated heterocycles. The van der Waals surface area contributed by atoms with Crippen LogP contribution >= 0.6 is 11.6 Å². The second-order valence-corrected chi connectivity index (χ2v) is 8.30. The van der Waals surface area contributed by atoms with Gasteiger partial charge in [-0.1, -0.05) is 35.7 Å². The molecule has 3 rings (SSSR count). The fourth-order valence-corrected chi connectivity index (χ4v) is 3.95. The third-order valence-electron chi connectivity index (χ3n) is 5.35. The Morgan fingerprint density at radius 2 is 2.06 bits per heavy atom. The van der Waals surface area contributed by atoms with Gasteiger partial charge in [-0.05, 0) is 57.5 Å². The summed E-state index contributed by atoms with van der Waals surface area (Å²) >= 11 is 6.01. The number of hydroxylamine groups is 1. The van der Waals surface area contributed by atoms with Gasteiger partial charge in [0.05, 0.1) is 24.2 Å². The lowest BCUT2D eigenvalue weighted by Crippen LogP contribution is -2.25. The minimum atomic E-state index is -0.557. The smallest absolute Gasteiger partial charge is 0.295 e. The number of nitrogens with one attached hydrogen (secondary N) is 2. The lowest BCUT2D eigenvalue weighted by atomic mass is 9.98. The van der Waals surface area contributed by atoms with E-state index in [4.69, 9.17) is 27.3 Å². The summed E-state index contributed by atoms with van der Waals surface area (Å²) in [5.41, 5.74) is 5.74. The van der Waals surface area contributed by atoms with E-state index in [1.165, 1.54) is 7.11 Å². The number of benzene rings is 1. The number of pyridine rings is 1. The van der Waals surface area contributed by atoms with Crippen LogP contribution in [0.2, 0.25) is 5.15 Å². The van der Waals surface area contributed by atoms with Crippen LogP contribution in [0.3, 0.4) is 0 Å². The number of fused-ring (bicyclic) bond motifs is 1. The van der Waals surface area contributed by atoms with Gasteiger partial charge in [0.2, 0.25) is 0 Å². The van der Waals surface area contributed by atoms with Crippen molar-refractivity contribution in [1.82, 2.24) is 10.5 Å². The lowest BCUT2D eigenvalue weighted by molar-refractivity contribution is 0.0533. The maximum Gasteiger partial charge on any atom is 0.295 e. The minimum Gasteiger partial charge on any atom is -0.455 e. The maximum atomic E-state index is 13.3. The predicted octanol–water partition coefficient (Wildman–Crippen LogP) is 5.52. The van der Waals surface area contributed by atoms with Crippen molar-refractivity contribution in [1.29, 1.82) is 0 Å². The molecule has 0 aliphatic rings. The highest BCUT2D eigenvalue weighted by atomic mass is 35.5. The molecule has 3 aromatic rings. The highest BCUT2D eigenvalue weighted by Gasteiger charge is 2.21. The molecule has 180 valence electrons. The van der Waals surface area contributed by atoms with E-state index in [1.54, 1.807) is 37.3 Å². The SMILES string of the molecule is C#C/C=C(\C=C/C)c1oc2c([C@@H](C)Nc3ccc(Cl)nc3C(=O)NOC)cc(C)cc2c(=O)c1C. The molecule has 35 heavy (non-hydrogen) atoms. The molecule has 0 fully saturated rings. The van der Waals surface area contributed by atoms with Crippen molar-refractivity contribution in [3.63, 3.8) is 0 Å². The minimum absolute atomic E-state index is 0.0634. The van der Waals surface area contributed by atoms with Crippen LogP contribution in [0.5, 0.6) is 0 Å². The summed E-state index contributed by atoms with van der Waals surface area (Å²) in [5, 5.41) is 3.91. The summed E-state index contributed by atoms with van der Waals surface area (Å²) in [4.78, 5) is 34.6. The number of aryl methyl sites for hydroxylation is 1. The molecule has 0 spiro atoms. The first-order valence-electron chi connectivity index (χ1n) is 10.9. The van der Waals surface area contributed by atoms with Gasteiger partial charge in [0.15, 0.2) is 11.1 Å². The van der Waals surface area contributed by atoms with E-state index in [-0.39, 0.29) is 22.3 Å². The lowest BCUT2D eigenvalue weighted by Gasteiger charge is -2.20. The van der Waals surface area contributed by atoms with E-state index in [2.05, 4.69) is 21.7 Å². The number of carbonyl (C=O) groups excluding carboxylic acids is 1. The van der Waals surface area contributed by atoms with Crippen molar-refractivity contribution < 1.29 is 14.0 Å². The molecule has 8 heteroatoms. The molecule has 1 aromatic carbocycles. The van der Waals surface area contributed by atoms with Crippen molar-refractivity contribution in [2.45, 2.75) is 33.7 Å². The Hall–Kier alpha value is -3.86. The molecule has 0 saturated carbocycles. The number of amides is 1. The largest absolute Gasteiger partial charge is 0.455 e. The first-order chi connectivity index (χ1) is 16.7. The normalized spacial score (nSPS) is 12.5. The average molecular weight is 492 g/mol. The van der Waals surface area contributed by atoms with Crippen LogP contribution in [0.15, 0.2) is 51.7 Å². The topological polar surface area (TPSA) is 93.5 Å². The molecule has 0 bridgehead atoms. The van der Waals surface area contributed by atoms with Crippen molar-refractivity contribution in [3.05, 3.63) is 86.0 Å². The number of hydrogen-bond acceptors (Lipinski definition) is 6. The standard InChI is InChI=1S/C27H26ClN3O4/c1-7-9-18(10-8-2)25-16(4)24(32)20-14-15(3)13-19(26(20)35-25)17(5)29-21-11-12-22(28)30-23(21)27(33)31-34-6/h1,8-14,17,29H,2-6H3,(H,31,33)/b10-8-,18-9+/t17-/m1/s1. The zero-order valence-electron chi connectivity index (χ0n) is 20.2. The molecule has 2 heterocycles. The molecule has 7 nitrogen and oxygen atoms in total. The zero-order valence-corrected chi connectivity index (χ0v) is 20.9. The number of anilines is 1. The van der Waals surface area contributed by atoms with Crippen LogP contribution in [0, 0.1) is 26.2 Å². The molecule has 2 N–H and O–H groups in total. The summed E-state index contributed by atoms with van der Waals surface area (Å²) < 4.78 is 6.33. The van der Waals surface area contributed by atoms with Crippen LogP contribution in [0.25, 0.3) is 16.5 Å². The number of halogens is 1. The van der Waals surface area contributed by atoms with E-state index >= 15 is 0 Å². The van der Waals surface area contributed by atoms with Gasteiger partial charge in [-0.2, -0.15) is 0 Å². The second-order valence-electron chi connectivity index (χ2n) is 7.91.